The minimum atomic E-state index is -0.575. The molecule has 1 aromatic rings. The zero-order valence-electron chi connectivity index (χ0n) is 15.7. The number of ether oxygens (including phenoxy) is 1. The third-order valence-corrected chi connectivity index (χ3v) is 4.72. The number of hydrogen-bond acceptors (Lipinski definition) is 6. The first-order valence-corrected chi connectivity index (χ1v) is 8.23. The van der Waals surface area contributed by atoms with E-state index in [1.165, 1.54) is 19.2 Å². The maximum Gasteiger partial charge on any atom is 0.491 e. The number of methoxy groups -OCH3 is 1. The predicted molar refractivity (Wildman–Crippen MR) is 97.4 cm³/mol. The highest BCUT2D eigenvalue weighted by Crippen LogP contribution is 2.38. The Bertz CT molecular complexity index is 668. The lowest BCUT2D eigenvalue weighted by Gasteiger charge is -2.32. The van der Waals surface area contributed by atoms with Crippen molar-refractivity contribution < 1.29 is 23.9 Å². The molecule has 25 heavy (non-hydrogen) atoms. The summed E-state index contributed by atoms with van der Waals surface area (Å²) in [5.74, 6) is -0.701. The highest BCUT2D eigenvalue weighted by molar-refractivity contribution is 6.55. The maximum atomic E-state index is 11.6. The molecule has 2 N–H and O–H groups in total. The first-order chi connectivity index (χ1) is 11.6. The van der Waals surface area contributed by atoms with E-state index in [-0.39, 0.29) is 11.3 Å². The van der Waals surface area contributed by atoms with Crippen LogP contribution in [0, 0.1) is 0 Å². The zero-order valence-corrected chi connectivity index (χ0v) is 15.7. The van der Waals surface area contributed by atoms with Crippen LogP contribution in [0.15, 0.2) is 23.7 Å². The van der Waals surface area contributed by atoms with Gasteiger partial charge < -0.3 is 24.5 Å². The molecule has 1 aliphatic heterocycles. The van der Waals surface area contributed by atoms with Crippen LogP contribution in [-0.2, 0) is 14.0 Å². The average Bonchev–Trinajstić information content (AvgIpc) is 2.74. The first-order valence-electron chi connectivity index (χ1n) is 8.23. The Morgan fingerprint density at radius 2 is 1.88 bits per heavy atom. The fourth-order valence-corrected chi connectivity index (χ4v) is 2.54. The summed E-state index contributed by atoms with van der Waals surface area (Å²) in [6, 6.07) is 4.80. The fraction of sp³-hybridized carbons (Fsp3) is 0.500. The molecule has 1 fully saturated rings. The molecule has 0 bridgehead atoms. The summed E-state index contributed by atoms with van der Waals surface area (Å²) in [5, 5.41) is 13.2. The van der Waals surface area contributed by atoms with Crippen molar-refractivity contribution in [2.24, 2.45) is 0 Å². The SMILES string of the molecule is CNCC(=Cc1ccc(C(=O)OC)c(O)c1)B1OC(C)(C)C(C)(C)O1. The standard InChI is InChI=1S/C18H26BNO5/c1-17(2)18(3,4)25-19(24-17)13(11-20-5)9-12-7-8-14(15(21)10-12)16(22)23-6/h7-10,20-21H,11H2,1-6H3. The Kier molecular flexibility index (Phi) is 5.61. The van der Waals surface area contributed by atoms with Crippen LogP contribution >= 0.6 is 0 Å². The summed E-state index contributed by atoms with van der Waals surface area (Å²) in [6.07, 6.45) is 1.89. The predicted octanol–water partition coefficient (Wildman–Crippen LogP) is 2.41. The van der Waals surface area contributed by atoms with Gasteiger partial charge in [-0.25, -0.2) is 4.79 Å². The Hall–Kier alpha value is -1.83. The molecule has 1 saturated heterocycles. The monoisotopic (exact) mass is 347 g/mol. The fourth-order valence-electron chi connectivity index (χ4n) is 2.54. The summed E-state index contributed by atoms with van der Waals surface area (Å²) in [5.41, 5.74) is 0.907. The van der Waals surface area contributed by atoms with E-state index in [0.29, 0.717) is 6.54 Å². The van der Waals surface area contributed by atoms with E-state index >= 15 is 0 Å². The Morgan fingerprint density at radius 3 is 2.36 bits per heavy atom. The molecule has 1 aliphatic rings. The lowest BCUT2D eigenvalue weighted by molar-refractivity contribution is 0.00578. The quantitative estimate of drug-likeness (QED) is 0.629. The van der Waals surface area contributed by atoms with Crippen molar-refractivity contribution in [2.75, 3.05) is 20.7 Å². The molecule has 0 aromatic heterocycles. The molecule has 6 nitrogen and oxygen atoms in total. The van der Waals surface area contributed by atoms with E-state index in [1.807, 2.05) is 40.8 Å². The number of likely N-dealkylation sites (N-methyl/N-ethyl adjacent to an activating group) is 1. The third-order valence-electron chi connectivity index (χ3n) is 4.72. The molecule has 2 rings (SSSR count). The molecule has 0 atom stereocenters. The van der Waals surface area contributed by atoms with Crippen LogP contribution in [0.25, 0.3) is 6.08 Å². The van der Waals surface area contributed by atoms with E-state index in [1.54, 1.807) is 6.07 Å². The topological polar surface area (TPSA) is 77.0 Å². The van der Waals surface area contributed by atoms with Gasteiger partial charge in [0.15, 0.2) is 0 Å². The van der Waals surface area contributed by atoms with Crippen LogP contribution in [0.4, 0.5) is 0 Å². The molecule has 7 heteroatoms. The van der Waals surface area contributed by atoms with E-state index < -0.39 is 24.3 Å². The number of rotatable bonds is 5. The van der Waals surface area contributed by atoms with Crippen molar-refractivity contribution in [3.63, 3.8) is 0 Å². The summed E-state index contributed by atoms with van der Waals surface area (Å²) >= 11 is 0. The molecule has 0 unspecified atom stereocenters. The number of esters is 1. The van der Waals surface area contributed by atoms with Crippen molar-refractivity contribution >= 4 is 19.2 Å². The van der Waals surface area contributed by atoms with Crippen molar-refractivity contribution in [1.82, 2.24) is 5.32 Å². The van der Waals surface area contributed by atoms with Crippen molar-refractivity contribution in [1.29, 1.82) is 0 Å². The van der Waals surface area contributed by atoms with Gasteiger partial charge in [-0.2, -0.15) is 0 Å². The van der Waals surface area contributed by atoms with Crippen LogP contribution in [0.2, 0.25) is 0 Å². The van der Waals surface area contributed by atoms with Crippen LogP contribution in [0.1, 0.15) is 43.6 Å². The van der Waals surface area contributed by atoms with Gasteiger partial charge in [0.25, 0.3) is 0 Å². The Labute approximate surface area is 149 Å². The zero-order chi connectivity index (χ0) is 18.8. The lowest BCUT2D eigenvalue weighted by atomic mass is 9.77. The van der Waals surface area contributed by atoms with Gasteiger partial charge in [-0.3, -0.25) is 0 Å². The van der Waals surface area contributed by atoms with Gasteiger partial charge in [0.2, 0.25) is 0 Å². The molecule has 0 amide bonds. The largest absolute Gasteiger partial charge is 0.507 e. The molecule has 0 saturated carbocycles. The van der Waals surface area contributed by atoms with Crippen molar-refractivity contribution in [3.05, 3.63) is 34.8 Å². The second kappa shape index (κ2) is 7.19. The Balaban J connectivity index is 2.32. The van der Waals surface area contributed by atoms with Gasteiger partial charge in [-0.05, 0) is 57.9 Å². The van der Waals surface area contributed by atoms with E-state index in [2.05, 4.69) is 10.1 Å². The van der Waals surface area contributed by atoms with Gasteiger partial charge in [-0.15, -0.1) is 0 Å². The van der Waals surface area contributed by atoms with E-state index in [4.69, 9.17) is 9.31 Å². The van der Waals surface area contributed by atoms with Gasteiger partial charge >= 0.3 is 13.1 Å². The molecule has 136 valence electrons. The molecular formula is C18H26BNO5. The minimum Gasteiger partial charge on any atom is -0.507 e. The van der Waals surface area contributed by atoms with Crippen LogP contribution in [0.3, 0.4) is 0 Å². The first kappa shape index (κ1) is 19.5. The molecule has 0 aliphatic carbocycles. The summed E-state index contributed by atoms with van der Waals surface area (Å²) < 4.78 is 16.8. The molecule has 0 spiro atoms. The van der Waals surface area contributed by atoms with Crippen LogP contribution in [0.5, 0.6) is 5.75 Å². The summed E-state index contributed by atoms with van der Waals surface area (Å²) in [4.78, 5) is 11.6. The van der Waals surface area contributed by atoms with Crippen molar-refractivity contribution in [2.45, 2.75) is 38.9 Å². The third kappa shape index (κ3) is 4.06. The smallest absolute Gasteiger partial charge is 0.491 e. The van der Waals surface area contributed by atoms with Gasteiger partial charge in [0, 0.05) is 6.54 Å². The second-order valence-electron chi connectivity index (χ2n) is 7.11. The summed E-state index contributed by atoms with van der Waals surface area (Å²) in [7, 11) is 2.63. The molecular weight excluding hydrogens is 321 g/mol. The normalized spacial score (nSPS) is 19.1. The number of phenolic OH excluding ortho intramolecular Hbond substituents is 1. The van der Waals surface area contributed by atoms with Gasteiger partial charge in [0.05, 0.1) is 18.3 Å². The molecule has 0 radical (unpaired) electrons. The Morgan fingerprint density at radius 1 is 1.28 bits per heavy atom. The molecule has 1 aromatic carbocycles. The summed E-state index contributed by atoms with van der Waals surface area (Å²) in [6.45, 7) is 8.57. The number of carbonyl (C=O) groups is 1. The average molecular weight is 347 g/mol. The highest BCUT2D eigenvalue weighted by Gasteiger charge is 2.52. The van der Waals surface area contributed by atoms with E-state index in [0.717, 1.165) is 11.0 Å². The number of aromatic hydroxyl groups is 1. The number of phenols is 1. The number of hydrogen-bond donors (Lipinski definition) is 2. The number of nitrogens with one attached hydrogen (secondary N) is 1. The van der Waals surface area contributed by atoms with Crippen LogP contribution < -0.4 is 5.32 Å². The van der Waals surface area contributed by atoms with E-state index in [9.17, 15) is 9.90 Å². The minimum absolute atomic E-state index is 0.127. The molecule has 1 heterocycles. The number of carbonyl (C=O) groups excluding carboxylic acids is 1. The van der Waals surface area contributed by atoms with Crippen molar-refractivity contribution in [3.8, 4) is 5.75 Å². The highest BCUT2D eigenvalue weighted by atomic mass is 16.7. The van der Waals surface area contributed by atoms with Crippen LogP contribution in [-0.4, -0.2) is 50.1 Å². The second-order valence-corrected chi connectivity index (χ2v) is 7.11. The van der Waals surface area contributed by atoms with Gasteiger partial charge in [-0.1, -0.05) is 12.1 Å². The maximum absolute atomic E-state index is 11.6. The lowest BCUT2D eigenvalue weighted by Crippen LogP contribution is -2.41. The van der Waals surface area contributed by atoms with Gasteiger partial charge in [0.1, 0.15) is 11.3 Å². The number of benzene rings is 1.